The summed E-state index contributed by atoms with van der Waals surface area (Å²) in [5, 5.41) is 12.7. The third-order valence-electron chi connectivity index (χ3n) is 3.07. The third kappa shape index (κ3) is 2.53. The number of hydrazine groups is 1. The third-order valence-corrected chi connectivity index (χ3v) is 3.07. The number of likely N-dealkylation sites (N-methyl/N-ethyl adjacent to an activating group) is 1. The number of benzene rings is 1. The Morgan fingerprint density at radius 3 is 2.65 bits per heavy atom. The van der Waals surface area contributed by atoms with Crippen molar-refractivity contribution in [2.24, 2.45) is 0 Å². The van der Waals surface area contributed by atoms with Gasteiger partial charge in [-0.2, -0.15) is 5.01 Å². The summed E-state index contributed by atoms with van der Waals surface area (Å²) in [6.45, 7) is 3.58. The number of nitrogens with one attached hydrogen (secondary N) is 1. The molecule has 0 radical (unpaired) electrons. The highest BCUT2D eigenvalue weighted by Gasteiger charge is 2.40. The molecule has 1 aromatic carbocycles. The second-order valence-electron chi connectivity index (χ2n) is 4.61. The minimum absolute atomic E-state index is 0.00451. The zero-order chi connectivity index (χ0) is 14.9. The van der Waals surface area contributed by atoms with E-state index in [1.54, 1.807) is 25.0 Å². The van der Waals surface area contributed by atoms with Gasteiger partial charge in [0, 0.05) is 7.05 Å². The summed E-state index contributed by atoms with van der Waals surface area (Å²) in [6.07, 6.45) is -0.804. The van der Waals surface area contributed by atoms with E-state index in [1.165, 1.54) is 7.11 Å². The van der Waals surface area contributed by atoms with E-state index < -0.39 is 11.2 Å². The van der Waals surface area contributed by atoms with Gasteiger partial charge in [-0.25, -0.2) is 0 Å². The van der Waals surface area contributed by atoms with Crippen molar-refractivity contribution >= 4 is 0 Å². The average molecular weight is 279 g/mol. The van der Waals surface area contributed by atoms with Crippen LogP contribution in [0.25, 0.3) is 0 Å². The Bertz CT molecular complexity index is 571. The van der Waals surface area contributed by atoms with Crippen molar-refractivity contribution in [1.29, 1.82) is 0 Å². The number of hydrogen-bond acceptors (Lipinski definition) is 6. The van der Waals surface area contributed by atoms with E-state index in [4.69, 9.17) is 9.47 Å². The lowest BCUT2D eigenvalue weighted by atomic mass is 10.2. The molecule has 0 spiro atoms. The lowest BCUT2D eigenvalue weighted by Gasteiger charge is -2.21. The second kappa shape index (κ2) is 5.38. The fourth-order valence-corrected chi connectivity index (χ4v) is 2.10. The van der Waals surface area contributed by atoms with Gasteiger partial charge in [-0.1, -0.05) is 6.07 Å². The van der Waals surface area contributed by atoms with Crippen molar-refractivity contribution in [1.82, 2.24) is 10.4 Å². The van der Waals surface area contributed by atoms with Crippen molar-refractivity contribution in [2.45, 2.75) is 20.1 Å². The Labute approximate surface area is 116 Å². The molecule has 2 rings (SSSR count). The van der Waals surface area contributed by atoms with E-state index in [9.17, 15) is 10.1 Å². The molecule has 1 heterocycles. The van der Waals surface area contributed by atoms with E-state index in [0.29, 0.717) is 17.2 Å². The fourth-order valence-electron chi connectivity index (χ4n) is 2.10. The van der Waals surface area contributed by atoms with Crippen LogP contribution in [0.3, 0.4) is 0 Å². The number of rotatable bonds is 4. The monoisotopic (exact) mass is 279 g/mol. The molecule has 1 N–H and O–H groups in total. The first-order valence-electron chi connectivity index (χ1n) is 6.10. The molecule has 0 aromatic heterocycles. The normalized spacial score (nSPS) is 18.9. The summed E-state index contributed by atoms with van der Waals surface area (Å²) >= 11 is 0. The van der Waals surface area contributed by atoms with Gasteiger partial charge in [0.1, 0.15) is 5.70 Å². The molecule has 1 atom stereocenters. The SMILES string of the molecule is COc1cc(C)ccc1OC1C([N+](=O)[O-])=C(C)NN1C. The maximum absolute atomic E-state index is 11.1. The van der Waals surface area contributed by atoms with Crippen LogP contribution in [0.1, 0.15) is 12.5 Å². The molecule has 1 aliphatic rings. The molecule has 0 saturated carbocycles. The lowest BCUT2D eigenvalue weighted by molar-refractivity contribution is -0.437. The average Bonchev–Trinajstić information content (AvgIpc) is 2.66. The maximum atomic E-state index is 11.1. The summed E-state index contributed by atoms with van der Waals surface area (Å²) in [5.41, 5.74) is 4.36. The van der Waals surface area contributed by atoms with Gasteiger partial charge >= 0.3 is 5.70 Å². The number of nitrogens with zero attached hydrogens (tertiary/aromatic N) is 2. The highest BCUT2D eigenvalue weighted by Crippen LogP contribution is 2.31. The van der Waals surface area contributed by atoms with Crippen molar-refractivity contribution < 1.29 is 14.4 Å². The first-order chi connectivity index (χ1) is 9.43. The molecule has 1 unspecified atom stereocenters. The Morgan fingerprint density at radius 1 is 1.35 bits per heavy atom. The van der Waals surface area contributed by atoms with Gasteiger partial charge in [-0.05, 0) is 31.5 Å². The van der Waals surface area contributed by atoms with Gasteiger partial charge in [0.25, 0.3) is 6.23 Å². The predicted molar refractivity (Wildman–Crippen MR) is 72.7 cm³/mol. The van der Waals surface area contributed by atoms with Crippen molar-refractivity contribution in [3.8, 4) is 11.5 Å². The molecule has 1 aliphatic heterocycles. The molecule has 108 valence electrons. The van der Waals surface area contributed by atoms with Gasteiger partial charge in [-0.15, -0.1) is 0 Å². The summed E-state index contributed by atoms with van der Waals surface area (Å²) in [7, 11) is 3.22. The summed E-state index contributed by atoms with van der Waals surface area (Å²) in [4.78, 5) is 10.7. The number of allylic oxidation sites excluding steroid dienone is 1. The smallest absolute Gasteiger partial charge is 0.323 e. The number of hydrogen-bond donors (Lipinski definition) is 1. The van der Waals surface area contributed by atoms with Crippen LogP contribution in [0.15, 0.2) is 29.6 Å². The van der Waals surface area contributed by atoms with E-state index in [-0.39, 0.29) is 5.70 Å². The topological polar surface area (TPSA) is 76.9 Å². The van der Waals surface area contributed by atoms with Gasteiger partial charge in [0.15, 0.2) is 11.5 Å². The van der Waals surface area contributed by atoms with Crippen molar-refractivity contribution in [3.05, 3.63) is 45.3 Å². The molecule has 20 heavy (non-hydrogen) atoms. The number of methoxy groups -OCH3 is 1. The second-order valence-corrected chi connectivity index (χ2v) is 4.61. The Kier molecular flexibility index (Phi) is 3.80. The molecule has 0 amide bonds. The van der Waals surface area contributed by atoms with Gasteiger partial charge in [-0.3, -0.25) is 10.1 Å². The van der Waals surface area contributed by atoms with Gasteiger partial charge in [0.05, 0.1) is 12.0 Å². The molecule has 0 bridgehead atoms. The Hall–Kier alpha value is -2.28. The zero-order valence-electron chi connectivity index (χ0n) is 11.8. The first-order valence-corrected chi connectivity index (χ1v) is 6.10. The van der Waals surface area contributed by atoms with Crippen LogP contribution in [-0.2, 0) is 0 Å². The zero-order valence-corrected chi connectivity index (χ0v) is 11.8. The highest BCUT2D eigenvalue weighted by molar-refractivity contribution is 5.43. The van der Waals surface area contributed by atoms with Crippen LogP contribution in [0.2, 0.25) is 0 Å². The fraction of sp³-hybridized carbons (Fsp3) is 0.385. The summed E-state index contributed by atoms with van der Waals surface area (Å²) in [5.74, 6) is 1.01. The van der Waals surface area contributed by atoms with Gasteiger partial charge in [0.2, 0.25) is 0 Å². The molecule has 7 nitrogen and oxygen atoms in total. The number of nitro groups is 1. The summed E-state index contributed by atoms with van der Waals surface area (Å²) < 4.78 is 11.0. The standard InChI is InChI=1S/C13H17N3O4/c1-8-5-6-10(11(7-8)19-4)20-13-12(16(17)18)9(2)14-15(13)3/h5-7,13-14H,1-4H3. The van der Waals surface area contributed by atoms with Gasteiger partial charge < -0.3 is 14.9 Å². The van der Waals surface area contributed by atoms with Crippen LogP contribution in [-0.4, -0.2) is 30.3 Å². The van der Waals surface area contributed by atoms with E-state index >= 15 is 0 Å². The Balaban J connectivity index is 2.31. The van der Waals surface area contributed by atoms with E-state index in [1.807, 2.05) is 19.1 Å². The van der Waals surface area contributed by atoms with Crippen LogP contribution in [0.5, 0.6) is 11.5 Å². The summed E-state index contributed by atoms with van der Waals surface area (Å²) in [6, 6.07) is 5.43. The van der Waals surface area contributed by atoms with Crippen LogP contribution < -0.4 is 14.9 Å². The first kappa shape index (κ1) is 14.1. The van der Waals surface area contributed by atoms with Crippen LogP contribution in [0, 0.1) is 17.0 Å². The van der Waals surface area contributed by atoms with Crippen LogP contribution >= 0.6 is 0 Å². The predicted octanol–water partition coefficient (Wildman–Crippen LogP) is 1.67. The molecule has 1 aromatic rings. The molecule has 7 heteroatoms. The Morgan fingerprint density at radius 2 is 2.05 bits per heavy atom. The molecule has 0 aliphatic carbocycles. The molecular formula is C13H17N3O4. The maximum Gasteiger partial charge on any atom is 0.323 e. The van der Waals surface area contributed by atoms with E-state index in [0.717, 1.165) is 5.56 Å². The largest absolute Gasteiger partial charge is 0.493 e. The molecule has 0 fully saturated rings. The van der Waals surface area contributed by atoms with Crippen molar-refractivity contribution in [3.63, 3.8) is 0 Å². The molecular weight excluding hydrogens is 262 g/mol. The van der Waals surface area contributed by atoms with Crippen LogP contribution in [0.4, 0.5) is 0 Å². The molecule has 0 saturated heterocycles. The number of ether oxygens (including phenoxy) is 2. The lowest BCUT2D eigenvalue weighted by Crippen LogP contribution is -2.40. The number of aryl methyl sites for hydroxylation is 1. The minimum Gasteiger partial charge on any atom is -0.493 e. The van der Waals surface area contributed by atoms with Crippen molar-refractivity contribution in [2.75, 3.05) is 14.2 Å². The van der Waals surface area contributed by atoms with E-state index in [2.05, 4.69) is 5.43 Å². The minimum atomic E-state index is -0.804. The highest BCUT2D eigenvalue weighted by atomic mass is 16.6. The quantitative estimate of drug-likeness (QED) is 0.667.